The van der Waals surface area contributed by atoms with E-state index in [1.54, 1.807) is 18.2 Å². The van der Waals surface area contributed by atoms with Gasteiger partial charge >= 0.3 is 5.69 Å². The van der Waals surface area contributed by atoms with Gasteiger partial charge < -0.3 is 15.2 Å². The summed E-state index contributed by atoms with van der Waals surface area (Å²) in [6.45, 7) is 0.0966. The van der Waals surface area contributed by atoms with Gasteiger partial charge in [-0.15, -0.1) is 0 Å². The Labute approximate surface area is 146 Å². The summed E-state index contributed by atoms with van der Waals surface area (Å²) in [6.07, 6.45) is 0. The van der Waals surface area contributed by atoms with Crippen LogP contribution in [0.3, 0.4) is 0 Å². The minimum Gasteiger partial charge on any atom is -0.454 e. The summed E-state index contributed by atoms with van der Waals surface area (Å²) in [5.41, 5.74) is 5.88. The molecule has 9 heteroatoms. The Balaban J connectivity index is 2.22. The number of aromatic nitrogens is 3. The fraction of sp³-hybridized carbons (Fsp3) is 0.176. The van der Waals surface area contributed by atoms with Crippen LogP contribution in [0.2, 0.25) is 0 Å². The molecule has 0 fully saturated rings. The quantitative estimate of drug-likeness (QED) is 0.676. The van der Waals surface area contributed by atoms with E-state index >= 15 is 0 Å². The molecule has 0 bridgehead atoms. The van der Waals surface area contributed by atoms with Gasteiger partial charge in [-0.25, -0.2) is 9.78 Å². The molecule has 0 atom stereocenters. The first-order valence-electron chi connectivity index (χ1n) is 7.63. The van der Waals surface area contributed by atoms with Crippen LogP contribution in [0.4, 0.5) is 5.82 Å². The highest BCUT2D eigenvalue weighted by Gasteiger charge is 2.23. The van der Waals surface area contributed by atoms with Crippen LogP contribution in [0.1, 0.15) is 5.56 Å². The van der Waals surface area contributed by atoms with E-state index in [-0.39, 0.29) is 29.2 Å². The molecule has 0 amide bonds. The second-order valence-corrected chi connectivity index (χ2v) is 5.83. The van der Waals surface area contributed by atoms with Gasteiger partial charge in [-0.05, 0) is 17.7 Å². The molecular weight excluding hydrogens is 338 g/mol. The maximum atomic E-state index is 12.8. The fourth-order valence-corrected chi connectivity index (χ4v) is 3.06. The summed E-state index contributed by atoms with van der Waals surface area (Å²) in [5, 5.41) is 9.73. The molecule has 0 unspecified atom stereocenters. The Morgan fingerprint density at radius 3 is 2.65 bits per heavy atom. The fourth-order valence-electron chi connectivity index (χ4n) is 3.06. The first-order valence-corrected chi connectivity index (χ1v) is 7.63. The Bertz CT molecular complexity index is 1250. The predicted molar refractivity (Wildman–Crippen MR) is 92.9 cm³/mol. The second kappa shape index (κ2) is 5.35. The van der Waals surface area contributed by atoms with Crippen molar-refractivity contribution in [1.82, 2.24) is 14.1 Å². The Hall–Kier alpha value is -3.80. The van der Waals surface area contributed by atoms with E-state index in [0.717, 1.165) is 4.57 Å². The lowest BCUT2D eigenvalue weighted by Gasteiger charge is -2.14. The van der Waals surface area contributed by atoms with Crippen molar-refractivity contribution < 1.29 is 9.47 Å². The molecule has 0 saturated carbocycles. The summed E-state index contributed by atoms with van der Waals surface area (Å²) in [6, 6.07) is 7.07. The topological polar surface area (TPSA) is 125 Å². The van der Waals surface area contributed by atoms with Crippen molar-refractivity contribution in [2.24, 2.45) is 14.1 Å². The normalized spacial score (nSPS) is 12.3. The minimum atomic E-state index is -0.556. The Morgan fingerprint density at radius 1 is 1.19 bits per heavy atom. The van der Waals surface area contributed by atoms with E-state index in [1.165, 1.54) is 18.7 Å². The van der Waals surface area contributed by atoms with Crippen molar-refractivity contribution in [1.29, 1.82) is 5.26 Å². The molecule has 0 aliphatic carbocycles. The van der Waals surface area contributed by atoms with Crippen LogP contribution in [-0.2, 0) is 14.1 Å². The van der Waals surface area contributed by atoms with Gasteiger partial charge in [0, 0.05) is 19.7 Å². The summed E-state index contributed by atoms with van der Waals surface area (Å²) in [5.74, 6) is 1.01. The van der Waals surface area contributed by atoms with Crippen molar-refractivity contribution in [2.75, 3.05) is 12.5 Å². The van der Waals surface area contributed by atoms with E-state index in [0.29, 0.717) is 22.6 Å². The van der Waals surface area contributed by atoms with Crippen molar-refractivity contribution >= 4 is 16.9 Å². The van der Waals surface area contributed by atoms with Gasteiger partial charge in [0.05, 0.1) is 5.39 Å². The third kappa shape index (κ3) is 1.99. The van der Waals surface area contributed by atoms with Gasteiger partial charge in [0.25, 0.3) is 5.56 Å². The SMILES string of the molecule is Cn1c(=O)c2c(-c3ccc4c(c3)OCO4)c(C#N)c(N)nc2n(C)c1=O. The third-order valence-electron chi connectivity index (χ3n) is 4.39. The van der Waals surface area contributed by atoms with Crippen LogP contribution in [0.5, 0.6) is 11.5 Å². The number of nitrogen functional groups attached to an aromatic ring is 1. The van der Waals surface area contributed by atoms with Crippen molar-refractivity contribution in [2.45, 2.75) is 0 Å². The van der Waals surface area contributed by atoms with Gasteiger partial charge in [-0.2, -0.15) is 5.26 Å². The highest BCUT2D eigenvalue weighted by atomic mass is 16.7. The van der Waals surface area contributed by atoms with E-state index in [2.05, 4.69) is 4.98 Å². The molecule has 3 aromatic rings. The Kier molecular flexibility index (Phi) is 3.23. The monoisotopic (exact) mass is 351 g/mol. The number of anilines is 1. The predicted octanol–water partition coefficient (Wildman–Crippen LogP) is 0.482. The average Bonchev–Trinajstić information content (AvgIpc) is 3.11. The zero-order chi connectivity index (χ0) is 18.6. The molecule has 1 aliphatic rings. The average molecular weight is 351 g/mol. The number of ether oxygens (including phenoxy) is 2. The highest BCUT2D eigenvalue weighted by Crippen LogP contribution is 2.39. The highest BCUT2D eigenvalue weighted by molar-refractivity contribution is 5.98. The van der Waals surface area contributed by atoms with Crippen LogP contribution in [0.25, 0.3) is 22.2 Å². The maximum Gasteiger partial charge on any atom is 0.332 e. The number of aryl methyl sites for hydroxylation is 1. The number of rotatable bonds is 1. The zero-order valence-electron chi connectivity index (χ0n) is 13.9. The first kappa shape index (κ1) is 15.7. The molecule has 130 valence electrons. The third-order valence-corrected chi connectivity index (χ3v) is 4.39. The lowest BCUT2D eigenvalue weighted by atomic mass is 9.97. The number of nitriles is 1. The molecule has 3 heterocycles. The minimum absolute atomic E-state index is 0.0593. The van der Waals surface area contributed by atoms with Crippen LogP contribution in [-0.4, -0.2) is 20.9 Å². The van der Waals surface area contributed by atoms with Crippen LogP contribution >= 0.6 is 0 Å². The summed E-state index contributed by atoms with van der Waals surface area (Å²) < 4.78 is 12.9. The number of pyridine rings is 1. The number of nitrogens with zero attached hydrogens (tertiary/aromatic N) is 4. The molecule has 0 spiro atoms. The molecule has 2 aromatic heterocycles. The zero-order valence-corrected chi connectivity index (χ0v) is 13.9. The number of hydrogen-bond donors (Lipinski definition) is 1. The van der Waals surface area contributed by atoms with Crippen molar-refractivity contribution in [3.8, 4) is 28.7 Å². The van der Waals surface area contributed by atoms with Gasteiger partial charge in [-0.1, -0.05) is 6.07 Å². The van der Waals surface area contributed by atoms with E-state index in [9.17, 15) is 14.9 Å². The number of hydrogen-bond acceptors (Lipinski definition) is 7. The standard InChI is InChI=1S/C17H13N5O4/c1-21-15-13(16(23)22(2)17(21)24)12(9(6-18)14(19)20-15)8-3-4-10-11(5-8)26-7-25-10/h3-5H,7H2,1-2H3,(H2,19,20). The van der Waals surface area contributed by atoms with E-state index in [1.807, 2.05) is 6.07 Å². The smallest absolute Gasteiger partial charge is 0.332 e. The molecular formula is C17H13N5O4. The molecule has 9 nitrogen and oxygen atoms in total. The number of nitrogens with two attached hydrogens (primary N) is 1. The lowest BCUT2D eigenvalue weighted by Crippen LogP contribution is -2.37. The van der Waals surface area contributed by atoms with Crippen LogP contribution < -0.4 is 26.5 Å². The Morgan fingerprint density at radius 2 is 1.92 bits per heavy atom. The summed E-state index contributed by atoms with van der Waals surface area (Å²) in [7, 11) is 2.86. The van der Waals surface area contributed by atoms with Gasteiger partial charge in [-0.3, -0.25) is 13.9 Å². The second-order valence-electron chi connectivity index (χ2n) is 5.83. The first-order chi connectivity index (χ1) is 12.4. The van der Waals surface area contributed by atoms with Crippen molar-refractivity contribution in [3.05, 3.63) is 44.6 Å². The molecule has 1 aromatic carbocycles. The number of benzene rings is 1. The molecule has 0 saturated heterocycles. The molecule has 2 N–H and O–H groups in total. The van der Waals surface area contributed by atoms with Gasteiger partial charge in [0.1, 0.15) is 17.5 Å². The molecule has 4 rings (SSSR count). The number of fused-ring (bicyclic) bond motifs is 2. The van der Waals surface area contributed by atoms with Crippen LogP contribution in [0.15, 0.2) is 27.8 Å². The van der Waals surface area contributed by atoms with Gasteiger partial charge in [0.2, 0.25) is 6.79 Å². The lowest BCUT2D eigenvalue weighted by molar-refractivity contribution is 0.174. The van der Waals surface area contributed by atoms with Crippen LogP contribution in [0, 0.1) is 11.3 Å². The summed E-state index contributed by atoms with van der Waals surface area (Å²) >= 11 is 0. The van der Waals surface area contributed by atoms with Crippen molar-refractivity contribution in [3.63, 3.8) is 0 Å². The molecule has 1 aliphatic heterocycles. The molecule has 0 radical (unpaired) electrons. The van der Waals surface area contributed by atoms with E-state index < -0.39 is 11.2 Å². The summed E-state index contributed by atoms with van der Waals surface area (Å²) in [4.78, 5) is 29.1. The largest absolute Gasteiger partial charge is 0.454 e. The van der Waals surface area contributed by atoms with E-state index in [4.69, 9.17) is 15.2 Å². The molecule has 26 heavy (non-hydrogen) atoms. The maximum absolute atomic E-state index is 12.8. The van der Waals surface area contributed by atoms with Gasteiger partial charge in [0.15, 0.2) is 17.1 Å².